The van der Waals surface area contributed by atoms with E-state index in [9.17, 15) is 0 Å². The van der Waals surface area contributed by atoms with Gasteiger partial charge in [0.1, 0.15) is 11.8 Å². The molecule has 0 amide bonds. The molecule has 6 heteroatoms. The summed E-state index contributed by atoms with van der Waals surface area (Å²) in [6, 6.07) is 3.42. The lowest BCUT2D eigenvalue weighted by atomic mass is 10.0. The van der Waals surface area contributed by atoms with Crippen molar-refractivity contribution in [3.8, 4) is 17.2 Å². The summed E-state index contributed by atoms with van der Waals surface area (Å²) < 4.78 is 21.9. The molecule has 1 heterocycles. The second-order valence-corrected chi connectivity index (χ2v) is 4.62. The van der Waals surface area contributed by atoms with Crippen molar-refractivity contribution >= 4 is 0 Å². The number of hydrazine groups is 1. The molecule has 0 bridgehead atoms. The number of nitrogens with two attached hydrogens (primary N) is 1. The monoisotopic (exact) mass is 294 g/mol. The average Bonchev–Trinajstić information content (AvgIpc) is 2.55. The molecule has 116 valence electrons. The molecule has 0 radical (unpaired) electrons. The van der Waals surface area contributed by atoms with E-state index in [2.05, 4.69) is 5.43 Å². The van der Waals surface area contributed by atoms with E-state index in [4.69, 9.17) is 24.8 Å². The van der Waals surface area contributed by atoms with Gasteiger partial charge in [0.25, 0.3) is 0 Å². The molecule has 0 saturated heterocycles. The molecule has 1 aliphatic rings. The first-order valence-electron chi connectivity index (χ1n) is 6.84. The maximum Gasteiger partial charge on any atom is 0.203 e. The molecule has 0 fully saturated rings. The highest BCUT2D eigenvalue weighted by atomic mass is 16.5. The third-order valence-electron chi connectivity index (χ3n) is 3.46. The number of rotatable bonds is 6. The molecule has 0 spiro atoms. The minimum absolute atomic E-state index is 0.292. The van der Waals surface area contributed by atoms with Crippen LogP contribution >= 0.6 is 0 Å². The van der Waals surface area contributed by atoms with Crippen LogP contribution in [0.15, 0.2) is 24.0 Å². The zero-order valence-corrected chi connectivity index (χ0v) is 12.6. The molecule has 1 aromatic carbocycles. The number of methoxy groups -OCH3 is 3. The topological polar surface area (TPSA) is 75.0 Å². The number of nitrogens with one attached hydrogen (secondary N) is 1. The lowest BCUT2D eigenvalue weighted by Crippen LogP contribution is -2.31. The SMILES string of the molecule is COc1ccc(C(NN)C2=CCCCO2)c(OC)c1OC. The normalized spacial score (nSPS) is 15.7. The van der Waals surface area contributed by atoms with Crippen molar-refractivity contribution in [2.75, 3.05) is 27.9 Å². The van der Waals surface area contributed by atoms with Crippen LogP contribution in [0.1, 0.15) is 24.4 Å². The fourth-order valence-corrected chi connectivity index (χ4v) is 2.45. The summed E-state index contributed by atoms with van der Waals surface area (Å²) in [5.41, 5.74) is 3.62. The summed E-state index contributed by atoms with van der Waals surface area (Å²) in [5.74, 6) is 8.24. The van der Waals surface area contributed by atoms with Gasteiger partial charge in [-0.05, 0) is 31.1 Å². The smallest absolute Gasteiger partial charge is 0.203 e. The van der Waals surface area contributed by atoms with Gasteiger partial charge in [0, 0.05) is 5.56 Å². The number of hydrogen-bond acceptors (Lipinski definition) is 6. The third-order valence-corrected chi connectivity index (χ3v) is 3.46. The van der Waals surface area contributed by atoms with E-state index >= 15 is 0 Å². The average molecular weight is 294 g/mol. The maximum absolute atomic E-state index is 5.72. The van der Waals surface area contributed by atoms with Crippen molar-refractivity contribution in [1.82, 2.24) is 5.43 Å². The molecule has 0 aromatic heterocycles. The Bertz CT molecular complexity index is 517. The van der Waals surface area contributed by atoms with Gasteiger partial charge in [0.2, 0.25) is 5.75 Å². The van der Waals surface area contributed by atoms with Crippen LogP contribution in [-0.2, 0) is 4.74 Å². The second-order valence-electron chi connectivity index (χ2n) is 4.62. The molecule has 6 nitrogen and oxygen atoms in total. The van der Waals surface area contributed by atoms with E-state index < -0.39 is 0 Å². The van der Waals surface area contributed by atoms with Gasteiger partial charge < -0.3 is 18.9 Å². The van der Waals surface area contributed by atoms with E-state index in [0.29, 0.717) is 23.9 Å². The minimum Gasteiger partial charge on any atom is -0.496 e. The maximum atomic E-state index is 5.72. The van der Waals surface area contributed by atoms with Gasteiger partial charge in [-0.3, -0.25) is 5.84 Å². The van der Waals surface area contributed by atoms with Crippen LogP contribution in [0, 0.1) is 0 Å². The van der Waals surface area contributed by atoms with Gasteiger partial charge in [0.15, 0.2) is 11.5 Å². The Hall–Kier alpha value is -1.92. The zero-order chi connectivity index (χ0) is 15.2. The van der Waals surface area contributed by atoms with Crippen LogP contribution in [0.4, 0.5) is 0 Å². The number of allylic oxidation sites excluding steroid dienone is 1. The van der Waals surface area contributed by atoms with Gasteiger partial charge in [-0.25, -0.2) is 5.43 Å². The molecule has 0 saturated carbocycles. The summed E-state index contributed by atoms with van der Waals surface area (Å²) in [5, 5.41) is 0. The van der Waals surface area contributed by atoms with Crippen molar-refractivity contribution < 1.29 is 18.9 Å². The van der Waals surface area contributed by atoms with Crippen LogP contribution in [-0.4, -0.2) is 27.9 Å². The fourth-order valence-electron chi connectivity index (χ4n) is 2.45. The van der Waals surface area contributed by atoms with Crippen LogP contribution < -0.4 is 25.5 Å². The van der Waals surface area contributed by atoms with Gasteiger partial charge >= 0.3 is 0 Å². The molecule has 2 rings (SSSR count). The van der Waals surface area contributed by atoms with Gasteiger partial charge in [-0.1, -0.05) is 0 Å². The Kier molecular flexibility index (Phi) is 5.30. The zero-order valence-electron chi connectivity index (χ0n) is 12.6. The minimum atomic E-state index is -0.292. The van der Waals surface area contributed by atoms with E-state index in [1.807, 2.05) is 18.2 Å². The fraction of sp³-hybridized carbons (Fsp3) is 0.467. The van der Waals surface area contributed by atoms with Crippen LogP contribution in [0.25, 0.3) is 0 Å². The Labute approximate surface area is 124 Å². The number of hydrogen-bond donors (Lipinski definition) is 2. The summed E-state index contributed by atoms with van der Waals surface area (Å²) in [6.45, 7) is 0.694. The molecule has 1 aliphatic heterocycles. The lowest BCUT2D eigenvalue weighted by molar-refractivity contribution is 0.166. The largest absolute Gasteiger partial charge is 0.496 e. The van der Waals surface area contributed by atoms with Crippen molar-refractivity contribution in [3.05, 3.63) is 29.5 Å². The Morgan fingerprint density at radius 2 is 1.90 bits per heavy atom. The summed E-state index contributed by atoms with van der Waals surface area (Å²) >= 11 is 0. The van der Waals surface area contributed by atoms with E-state index in [-0.39, 0.29) is 6.04 Å². The van der Waals surface area contributed by atoms with Crippen LogP contribution in [0.5, 0.6) is 17.2 Å². The van der Waals surface area contributed by atoms with Crippen LogP contribution in [0.2, 0.25) is 0 Å². The van der Waals surface area contributed by atoms with Gasteiger partial charge in [0.05, 0.1) is 27.9 Å². The Balaban J connectivity index is 2.48. The molecule has 1 unspecified atom stereocenters. The molecule has 3 N–H and O–H groups in total. The quantitative estimate of drug-likeness (QED) is 0.616. The third kappa shape index (κ3) is 3.06. The molecular weight excluding hydrogens is 272 g/mol. The molecule has 0 aliphatic carbocycles. The van der Waals surface area contributed by atoms with E-state index in [1.165, 1.54) is 0 Å². The predicted molar refractivity (Wildman–Crippen MR) is 79.4 cm³/mol. The first-order valence-corrected chi connectivity index (χ1v) is 6.84. The second kappa shape index (κ2) is 7.19. The molecular formula is C15H22N2O4. The highest BCUT2D eigenvalue weighted by Gasteiger charge is 2.26. The van der Waals surface area contributed by atoms with Crippen LogP contribution in [0.3, 0.4) is 0 Å². The summed E-state index contributed by atoms with van der Waals surface area (Å²) in [6.07, 6.45) is 4.04. The number of benzene rings is 1. The van der Waals surface area contributed by atoms with E-state index in [0.717, 1.165) is 24.2 Å². The molecule has 21 heavy (non-hydrogen) atoms. The van der Waals surface area contributed by atoms with Crippen molar-refractivity contribution in [2.45, 2.75) is 18.9 Å². The first-order chi connectivity index (χ1) is 10.3. The molecule has 1 atom stereocenters. The van der Waals surface area contributed by atoms with Crippen molar-refractivity contribution in [3.63, 3.8) is 0 Å². The number of ether oxygens (including phenoxy) is 4. The summed E-state index contributed by atoms with van der Waals surface area (Å²) in [7, 11) is 4.75. The van der Waals surface area contributed by atoms with E-state index in [1.54, 1.807) is 21.3 Å². The summed E-state index contributed by atoms with van der Waals surface area (Å²) in [4.78, 5) is 0. The molecule has 1 aromatic rings. The highest BCUT2D eigenvalue weighted by molar-refractivity contribution is 5.57. The first kappa shape index (κ1) is 15.5. The standard InChI is InChI=1S/C15H22N2O4/c1-18-12-8-7-10(14(19-2)15(12)20-3)13(17-16)11-6-4-5-9-21-11/h6-8,13,17H,4-5,9,16H2,1-3H3. The predicted octanol–water partition coefficient (Wildman–Crippen LogP) is 1.91. The Morgan fingerprint density at radius 3 is 2.43 bits per heavy atom. The Morgan fingerprint density at radius 1 is 1.14 bits per heavy atom. The van der Waals surface area contributed by atoms with Gasteiger partial charge in [-0.2, -0.15) is 0 Å². The van der Waals surface area contributed by atoms with Crippen molar-refractivity contribution in [2.24, 2.45) is 5.84 Å². The highest BCUT2D eigenvalue weighted by Crippen LogP contribution is 2.43. The lowest BCUT2D eigenvalue weighted by Gasteiger charge is -2.26. The van der Waals surface area contributed by atoms with Crippen molar-refractivity contribution in [1.29, 1.82) is 0 Å². The van der Waals surface area contributed by atoms with Gasteiger partial charge in [-0.15, -0.1) is 0 Å².